The minimum atomic E-state index is 0.670. The molecule has 1 heterocycles. The highest BCUT2D eigenvalue weighted by molar-refractivity contribution is 5.26. The lowest BCUT2D eigenvalue weighted by Crippen LogP contribution is -2.13. The molecule has 1 N–H and O–H groups in total. The molecule has 2 rings (SSSR count). The molecule has 0 aliphatic carbocycles. The molecule has 2 aromatic rings. The SMILES string of the molecule is COCc1ccccc1CNCc1ccn(C)c1. The number of hydrogen-bond donors (Lipinski definition) is 1. The van der Waals surface area contributed by atoms with Gasteiger partial charge in [-0.25, -0.2) is 0 Å². The lowest BCUT2D eigenvalue weighted by atomic mass is 10.1. The molecule has 0 aliphatic rings. The fourth-order valence-electron chi connectivity index (χ4n) is 2.03. The largest absolute Gasteiger partial charge is 0.380 e. The molecule has 0 amide bonds. The summed E-state index contributed by atoms with van der Waals surface area (Å²) in [6, 6.07) is 10.5. The highest BCUT2D eigenvalue weighted by Crippen LogP contribution is 2.10. The maximum Gasteiger partial charge on any atom is 0.0716 e. The summed E-state index contributed by atoms with van der Waals surface area (Å²) < 4.78 is 7.27. The number of methoxy groups -OCH3 is 1. The van der Waals surface area contributed by atoms with Crippen molar-refractivity contribution in [1.29, 1.82) is 0 Å². The number of aromatic nitrogens is 1. The maximum atomic E-state index is 5.21. The third kappa shape index (κ3) is 3.45. The Balaban J connectivity index is 1.89. The van der Waals surface area contributed by atoms with E-state index in [9.17, 15) is 0 Å². The number of nitrogens with one attached hydrogen (secondary N) is 1. The van der Waals surface area contributed by atoms with Gasteiger partial charge in [-0.2, -0.15) is 0 Å². The van der Waals surface area contributed by atoms with Crippen molar-refractivity contribution in [2.24, 2.45) is 7.05 Å². The molecule has 3 heteroatoms. The Morgan fingerprint density at radius 2 is 1.89 bits per heavy atom. The van der Waals surface area contributed by atoms with E-state index in [0.717, 1.165) is 13.1 Å². The molecule has 0 bridgehead atoms. The molecule has 1 aromatic heterocycles. The van der Waals surface area contributed by atoms with Gasteiger partial charge in [0, 0.05) is 39.6 Å². The quantitative estimate of drug-likeness (QED) is 0.845. The van der Waals surface area contributed by atoms with Gasteiger partial charge >= 0.3 is 0 Å². The van der Waals surface area contributed by atoms with Crippen molar-refractivity contribution >= 4 is 0 Å². The van der Waals surface area contributed by atoms with E-state index in [2.05, 4.69) is 52.6 Å². The molecule has 0 saturated heterocycles. The van der Waals surface area contributed by atoms with Crippen LogP contribution in [0.5, 0.6) is 0 Å². The van der Waals surface area contributed by atoms with Crippen LogP contribution in [0.1, 0.15) is 16.7 Å². The van der Waals surface area contributed by atoms with Gasteiger partial charge in [-0.15, -0.1) is 0 Å². The van der Waals surface area contributed by atoms with Crippen LogP contribution in [-0.4, -0.2) is 11.7 Å². The molecule has 0 fully saturated rings. The molecule has 0 spiro atoms. The van der Waals surface area contributed by atoms with Crippen molar-refractivity contribution < 1.29 is 4.74 Å². The Hall–Kier alpha value is -1.58. The first-order valence-electron chi connectivity index (χ1n) is 6.17. The van der Waals surface area contributed by atoms with Crippen molar-refractivity contribution in [3.63, 3.8) is 0 Å². The molecular weight excluding hydrogens is 224 g/mol. The average Bonchev–Trinajstić information content (AvgIpc) is 2.78. The van der Waals surface area contributed by atoms with Crippen LogP contribution in [-0.2, 0) is 31.5 Å². The Morgan fingerprint density at radius 3 is 2.56 bits per heavy atom. The zero-order valence-corrected chi connectivity index (χ0v) is 11.0. The second-order valence-corrected chi connectivity index (χ2v) is 4.49. The van der Waals surface area contributed by atoms with Crippen LogP contribution >= 0.6 is 0 Å². The normalized spacial score (nSPS) is 10.8. The number of rotatable bonds is 6. The fourth-order valence-corrected chi connectivity index (χ4v) is 2.03. The summed E-state index contributed by atoms with van der Waals surface area (Å²) in [5.41, 5.74) is 3.86. The van der Waals surface area contributed by atoms with Crippen LogP contribution < -0.4 is 5.32 Å². The highest BCUT2D eigenvalue weighted by atomic mass is 16.5. The van der Waals surface area contributed by atoms with Gasteiger partial charge in [0.25, 0.3) is 0 Å². The molecule has 0 unspecified atom stereocenters. The smallest absolute Gasteiger partial charge is 0.0716 e. The Bertz CT molecular complexity index is 491. The Kier molecular flexibility index (Phi) is 4.56. The van der Waals surface area contributed by atoms with Crippen LogP contribution in [0.4, 0.5) is 0 Å². The summed E-state index contributed by atoms with van der Waals surface area (Å²) in [6.07, 6.45) is 4.20. The summed E-state index contributed by atoms with van der Waals surface area (Å²) >= 11 is 0. The lowest BCUT2D eigenvalue weighted by Gasteiger charge is -2.09. The van der Waals surface area contributed by atoms with E-state index >= 15 is 0 Å². The van der Waals surface area contributed by atoms with Crippen molar-refractivity contribution in [2.45, 2.75) is 19.7 Å². The topological polar surface area (TPSA) is 26.2 Å². The second-order valence-electron chi connectivity index (χ2n) is 4.49. The van der Waals surface area contributed by atoms with Gasteiger partial charge in [0.05, 0.1) is 6.61 Å². The van der Waals surface area contributed by atoms with E-state index in [1.807, 2.05) is 7.05 Å². The molecule has 1 aromatic carbocycles. The maximum absolute atomic E-state index is 5.21. The summed E-state index contributed by atoms with van der Waals surface area (Å²) in [5, 5.41) is 3.46. The minimum absolute atomic E-state index is 0.670. The molecule has 96 valence electrons. The number of aryl methyl sites for hydroxylation is 1. The molecule has 0 radical (unpaired) electrons. The predicted molar refractivity (Wildman–Crippen MR) is 73.1 cm³/mol. The summed E-state index contributed by atoms with van der Waals surface area (Å²) in [5.74, 6) is 0. The number of hydrogen-bond acceptors (Lipinski definition) is 2. The van der Waals surface area contributed by atoms with Gasteiger partial charge < -0.3 is 14.6 Å². The van der Waals surface area contributed by atoms with Gasteiger partial charge in [0.15, 0.2) is 0 Å². The van der Waals surface area contributed by atoms with Crippen LogP contribution in [0.2, 0.25) is 0 Å². The van der Waals surface area contributed by atoms with Crippen LogP contribution in [0.3, 0.4) is 0 Å². The lowest BCUT2D eigenvalue weighted by molar-refractivity contribution is 0.184. The minimum Gasteiger partial charge on any atom is -0.380 e. The molecular formula is C15H20N2O. The first-order valence-corrected chi connectivity index (χ1v) is 6.17. The Labute approximate surface area is 108 Å². The second kappa shape index (κ2) is 6.38. The average molecular weight is 244 g/mol. The highest BCUT2D eigenvalue weighted by Gasteiger charge is 2.01. The fraction of sp³-hybridized carbons (Fsp3) is 0.333. The molecule has 0 saturated carbocycles. The zero-order valence-electron chi connectivity index (χ0n) is 11.0. The van der Waals surface area contributed by atoms with Crippen molar-refractivity contribution in [3.05, 3.63) is 59.4 Å². The Morgan fingerprint density at radius 1 is 1.11 bits per heavy atom. The number of ether oxygens (including phenoxy) is 1. The van der Waals surface area contributed by atoms with Crippen molar-refractivity contribution in [3.8, 4) is 0 Å². The van der Waals surface area contributed by atoms with Gasteiger partial charge in [0.1, 0.15) is 0 Å². The summed E-state index contributed by atoms with van der Waals surface area (Å²) in [4.78, 5) is 0. The van der Waals surface area contributed by atoms with Crippen molar-refractivity contribution in [2.75, 3.05) is 7.11 Å². The van der Waals surface area contributed by atoms with E-state index in [1.54, 1.807) is 7.11 Å². The third-order valence-corrected chi connectivity index (χ3v) is 2.96. The third-order valence-electron chi connectivity index (χ3n) is 2.96. The molecule has 18 heavy (non-hydrogen) atoms. The molecule has 0 atom stereocenters. The zero-order chi connectivity index (χ0) is 12.8. The number of benzene rings is 1. The van der Waals surface area contributed by atoms with E-state index in [-0.39, 0.29) is 0 Å². The summed E-state index contributed by atoms with van der Waals surface area (Å²) in [6.45, 7) is 2.43. The summed E-state index contributed by atoms with van der Waals surface area (Å²) in [7, 11) is 3.77. The van der Waals surface area contributed by atoms with Gasteiger partial charge in [-0.05, 0) is 22.8 Å². The van der Waals surface area contributed by atoms with Gasteiger partial charge in [-0.3, -0.25) is 0 Å². The van der Waals surface area contributed by atoms with Crippen LogP contribution in [0, 0.1) is 0 Å². The van der Waals surface area contributed by atoms with Crippen LogP contribution in [0.15, 0.2) is 42.7 Å². The first-order chi connectivity index (χ1) is 8.79. The standard InChI is InChI=1S/C15H20N2O/c1-17-8-7-13(11-17)9-16-10-14-5-3-4-6-15(14)12-18-2/h3-8,11,16H,9-10,12H2,1-2H3. The number of nitrogens with zero attached hydrogens (tertiary/aromatic N) is 1. The van der Waals surface area contributed by atoms with E-state index in [1.165, 1.54) is 16.7 Å². The van der Waals surface area contributed by atoms with E-state index in [0.29, 0.717) is 6.61 Å². The first kappa shape index (κ1) is 12.9. The van der Waals surface area contributed by atoms with E-state index < -0.39 is 0 Å². The predicted octanol–water partition coefficient (Wildman–Crippen LogP) is 2.46. The van der Waals surface area contributed by atoms with Gasteiger partial charge in [-0.1, -0.05) is 24.3 Å². The molecule has 0 aliphatic heterocycles. The van der Waals surface area contributed by atoms with Crippen LogP contribution in [0.25, 0.3) is 0 Å². The monoisotopic (exact) mass is 244 g/mol. The van der Waals surface area contributed by atoms with E-state index in [4.69, 9.17) is 4.74 Å². The van der Waals surface area contributed by atoms with Crippen molar-refractivity contribution in [1.82, 2.24) is 9.88 Å². The van der Waals surface area contributed by atoms with Gasteiger partial charge in [0.2, 0.25) is 0 Å². The molecule has 3 nitrogen and oxygen atoms in total.